The first kappa shape index (κ1) is 17.6. The van der Waals surface area contributed by atoms with Gasteiger partial charge in [0, 0.05) is 11.9 Å². The molecule has 1 amide bonds. The monoisotopic (exact) mass is 349 g/mol. The van der Waals surface area contributed by atoms with Gasteiger partial charge in [0.1, 0.15) is 5.82 Å². The predicted molar refractivity (Wildman–Crippen MR) is 90.7 cm³/mol. The lowest BCUT2D eigenvalue weighted by molar-refractivity contribution is -0.123. The van der Waals surface area contributed by atoms with Crippen molar-refractivity contribution >= 4 is 34.0 Å². The van der Waals surface area contributed by atoms with Crippen LogP contribution in [0.25, 0.3) is 0 Å². The molecule has 2 N–H and O–H groups in total. The molecular formula is C16H16FN3O3S. The number of carbonyl (C=O) groups is 2. The molecule has 6 nitrogen and oxygen atoms in total. The van der Waals surface area contributed by atoms with Crippen LogP contribution in [0.15, 0.2) is 42.3 Å². The van der Waals surface area contributed by atoms with Crippen molar-refractivity contribution in [3.8, 4) is 0 Å². The molecule has 1 aromatic carbocycles. The van der Waals surface area contributed by atoms with Crippen molar-refractivity contribution in [2.24, 2.45) is 0 Å². The summed E-state index contributed by atoms with van der Waals surface area (Å²) in [7, 11) is 0. The summed E-state index contributed by atoms with van der Waals surface area (Å²) in [5, 5.41) is 7.38. The minimum atomic E-state index is -1.09. The molecule has 0 radical (unpaired) electrons. The van der Waals surface area contributed by atoms with Crippen LogP contribution in [-0.4, -0.2) is 29.5 Å². The minimum Gasteiger partial charge on any atom is -0.448 e. The van der Waals surface area contributed by atoms with Gasteiger partial charge >= 0.3 is 5.97 Å². The lowest BCUT2D eigenvalue weighted by Gasteiger charge is -2.13. The fraction of sp³-hybridized carbons (Fsp3) is 0.188. The van der Waals surface area contributed by atoms with E-state index in [0.717, 1.165) is 0 Å². The number of ether oxygens (including phenoxy) is 1. The molecule has 24 heavy (non-hydrogen) atoms. The normalized spacial score (nSPS) is 11.4. The van der Waals surface area contributed by atoms with Crippen LogP contribution >= 0.6 is 11.3 Å². The summed E-state index contributed by atoms with van der Waals surface area (Å²) >= 11 is 1.24. The zero-order valence-corrected chi connectivity index (χ0v) is 13.7. The molecule has 1 aromatic heterocycles. The van der Waals surface area contributed by atoms with Gasteiger partial charge in [-0.1, -0.05) is 18.2 Å². The van der Waals surface area contributed by atoms with Gasteiger partial charge in [-0.05, 0) is 19.1 Å². The number of nitrogens with zero attached hydrogens (tertiary/aromatic N) is 1. The van der Waals surface area contributed by atoms with Crippen molar-refractivity contribution in [3.05, 3.63) is 53.8 Å². The Labute approximate surface area is 142 Å². The molecule has 0 bridgehead atoms. The van der Waals surface area contributed by atoms with Crippen molar-refractivity contribution in [2.45, 2.75) is 13.0 Å². The van der Waals surface area contributed by atoms with Crippen LogP contribution < -0.4 is 10.6 Å². The SMILES string of the molecule is C=CCNc1nc(C(=O)O[C@H](C)C(=O)Nc2ccccc2F)cs1. The summed E-state index contributed by atoms with van der Waals surface area (Å²) in [6, 6.07) is 5.73. The van der Waals surface area contributed by atoms with E-state index in [4.69, 9.17) is 4.74 Å². The van der Waals surface area contributed by atoms with Crippen LogP contribution in [0.2, 0.25) is 0 Å². The van der Waals surface area contributed by atoms with E-state index in [1.54, 1.807) is 12.1 Å². The van der Waals surface area contributed by atoms with E-state index in [1.807, 2.05) is 0 Å². The Balaban J connectivity index is 1.93. The smallest absolute Gasteiger partial charge is 0.358 e. The standard InChI is InChI=1S/C16H16FN3O3S/c1-3-8-18-16-20-13(9-24-16)15(22)23-10(2)14(21)19-12-7-5-4-6-11(12)17/h3-7,9-10H,1,8H2,2H3,(H,18,20)(H,19,21)/t10-/m1/s1. The third kappa shape index (κ3) is 4.63. The number of benzene rings is 1. The maximum absolute atomic E-state index is 13.5. The molecule has 0 saturated heterocycles. The number of hydrogen-bond donors (Lipinski definition) is 2. The molecule has 0 aliphatic carbocycles. The Kier molecular flexibility index (Phi) is 6.02. The van der Waals surface area contributed by atoms with Crippen LogP contribution in [0.4, 0.5) is 15.2 Å². The van der Waals surface area contributed by atoms with Gasteiger partial charge < -0.3 is 15.4 Å². The van der Waals surface area contributed by atoms with Gasteiger partial charge in [0.05, 0.1) is 5.69 Å². The quantitative estimate of drug-likeness (QED) is 0.593. The number of esters is 1. The fourth-order valence-electron chi connectivity index (χ4n) is 1.68. The van der Waals surface area contributed by atoms with Gasteiger partial charge in [-0.2, -0.15) is 0 Å². The van der Waals surface area contributed by atoms with Gasteiger partial charge in [0.15, 0.2) is 16.9 Å². The number of rotatable bonds is 7. The maximum Gasteiger partial charge on any atom is 0.358 e. The third-order valence-corrected chi connectivity index (χ3v) is 3.70. The molecule has 0 unspecified atom stereocenters. The van der Waals surface area contributed by atoms with Gasteiger partial charge in [-0.15, -0.1) is 17.9 Å². The molecule has 1 atom stereocenters. The van der Waals surface area contributed by atoms with Crippen molar-refractivity contribution in [2.75, 3.05) is 17.2 Å². The second kappa shape index (κ2) is 8.21. The predicted octanol–water partition coefficient (Wildman–Crippen LogP) is 3.06. The Bertz CT molecular complexity index is 748. The van der Waals surface area contributed by atoms with Gasteiger partial charge in [-0.25, -0.2) is 14.2 Å². The number of amides is 1. The van der Waals surface area contributed by atoms with Crippen LogP contribution in [0.3, 0.4) is 0 Å². The number of halogens is 1. The maximum atomic E-state index is 13.5. The van der Waals surface area contributed by atoms with Crippen LogP contribution in [-0.2, 0) is 9.53 Å². The first-order valence-corrected chi connectivity index (χ1v) is 7.96. The van der Waals surface area contributed by atoms with Crippen LogP contribution in [0, 0.1) is 5.82 Å². The molecule has 0 fully saturated rings. The number of thiazole rings is 1. The summed E-state index contributed by atoms with van der Waals surface area (Å²) in [4.78, 5) is 28.0. The highest BCUT2D eigenvalue weighted by atomic mass is 32.1. The molecule has 0 aliphatic rings. The van der Waals surface area contributed by atoms with E-state index in [1.165, 1.54) is 41.8 Å². The molecule has 2 aromatic rings. The summed E-state index contributed by atoms with van der Waals surface area (Å²) in [6.45, 7) is 5.49. The first-order valence-electron chi connectivity index (χ1n) is 7.08. The number of carbonyl (C=O) groups excluding carboxylic acids is 2. The molecular weight excluding hydrogens is 333 g/mol. The van der Waals surface area contributed by atoms with E-state index in [-0.39, 0.29) is 11.4 Å². The van der Waals surface area contributed by atoms with E-state index < -0.39 is 23.8 Å². The summed E-state index contributed by atoms with van der Waals surface area (Å²) in [5.74, 6) is -1.93. The Morgan fingerprint density at radius 3 is 2.92 bits per heavy atom. The Morgan fingerprint density at radius 1 is 1.46 bits per heavy atom. The molecule has 0 aliphatic heterocycles. The second-order valence-electron chi connectivity index (χ2n) is 4.72. The molecule has 0 spiro atoms. The largest absolute Gasteiger partial charge is 0.448 e. The Hall–Kier alpha value is -2.74. The first-order chi connectivity index (χ1) is 11.5. The highest BCUT2D eigenvalue weighted by Gasteiger charge is 2.21. The van der Waals surface area contributed by atoms with Gasteiger partial charge in [0.25, 0.3) is 5.91 Å². The lowest BCUT2D eigenvalue weighted by Crippen LogP contribution is -2.30. The fourth-order valence-corrected chi connectivity index (χ4v) is 2.37. The molecule has 1 heterocycles. The number of anilines is 2. The zero-order chi connectivity index (χ0) is 17.5. The molecule has 126 valence electrons. The highest BCUT2D eigenvalue weighted by molar-refractivity contribution is 7.13. The van der Waals surface area contributed by atoms with E-state index in [9.17, 15) is 14.0 Å². The van der Waals surface area contributed by atoms with E-state index in [0.29, 0.717) is 11.7 Å². The summed E-state index contributed by atoms with van der Waals surface area (Å²) < 4.78 is 18.6. The minimum absolute atomic E-state index is 0.0231. The van der Waals surface area contributed by atoms with Crippen molar-refractivity contribution in [1.29, 1.82) is 0 Å². The summed E-state index contributed by atoms with van der Waals surface area (Å²) in [6.07, 6.45) is 0.567. The highest BCUT2D eigenvalue weighted by Crippen LogP contribution is 2.17. The van der Waals surface area contributed by atoms with Crippen molar-refractivity contribution < 1.29 is 18.7 Å². The topological polar surface area (TPSA) is 80.3 Å². The van der Waals surface area contributed by atoms with Gasteiger partial charge in [0.2, 0.25) is 0 Å². The number of para-hydroxylation sites is 1. The molecule has 8 heteroatoms. The molecule has 0 saturated carbocycles. The van der Waals surface area contributed by atoms with Gasteiger partial charge in [-0.3, -0.25) is 4.79 Å². The Morgan fingerprint density at radius 2 is 2.21 bits per heavy atom. The van der Waals surface area contributed by atoms with Crippen molar-refractivity contribution in [1.82, 2.24) is 4.98 Å². The average molecular weight is 349 g/mol. The average Bonchev–Trinajstić information content (AvgIpc) is 3.04. The van der Waals surface area contributed by atoms with Crippen LogP contribution in [0.5, 0.6) is 0 Å². The number of hydrogen-bond acceptors (Lipinski definition) is 6. The van der Waals surface area contributed by atoms with E-state index >= 15 is 0 Å². The number of aromatic nitrogens is 1. The zero-order valence-electron chi connectivity index (χ0n) is 12.9. The molecule has 2 rings (SSSR count). The van der Waals surface area contributed by atoms with Crippen molar-refractivity contribution in [3.63, 3.8) is 0 Å². The lowest BCUT2D eigenvalue weighted by atomic mass is 10.3. The summed E-state index contributed by atoms with van der Waals surface area (Å²) in [5.41, 5.74) is 0.118. The van der Waals surface area contributed by atoms with Crippen LogP contribution in [0.1, 0.15) is 17.4 Å². The second-order valence-corrected chi connectivity index (χ2v) is 5.58. The third-order valence-electron chi connectivity index (χ3n) is 2.90. The van der Waals surface area contributed by atoms with E-state index in [2.05, 4.69) is 22.2 Å². The number of nitrogens with one attached hydrogen (secondary N) is 2.